The predicted octanol–water partition coefficient (Wildman–Crippen LogP) is 5.74. The van der Waals surface area contributed by atoms with Crippen molar-refractivity contribution in [3.05, 3.63) is 88.7 Å². The van der Waals surface area contributed by atoms with Crippen LogP contribution in [0.1, 0.15) is 25.1 Å². The van der Waals surface area contributed by atoms with Crippen LogP contribution in [0.2, 0.25) is 0 Å². The summed E-state index contributed by atoms with van der Waals surface area (Å²) in [5.74, 6) is 0. The lowest BCUT2D eigenvalue weighted by Crippen LogP contribution is -2.40. The van der Waals surface area contributed by atoms with Crippen molar-refractivity contribution in [1.82, 2.24) is 9.47 Å². The molecule has 0 unspecified atom stereocenters. The molecule has 0 bridgehead atoms. The van der Waals surface area contributed by atoms with E-state index in [1.54, 1.807) is 0 Å². The summed E-state index contributed by atoms with van der Waals surface area (Å²) in [5, 5.41) is 2.99. The van der Waals surface area contributed by atoms with Crippen LogP contribution in [0.15, 0.2) is 77.4 Å². The van der Waals surface area contributed by atoms with Gasteiger partial charge < -0.3 is 14.8 Å². The fraction of sp³-hybridized carbons (Fsp3) is 0.227. The maximum atomic E-state index is 12.9. The first kappa shape index (κ1) is 19.2. The Labute approximate surface area is 168 Å². The molecule has 3 aromatic rings. The first-order valence-electron chi connectivity index (χ1n) is 9.04. The van der Waals surface area contributed by atoms with E-state index in [9.17, 15) is 4.79 Å². The van der Waals surface area contributed by atoms with Gasteiger partial charge in [-0.15, -0.1) is 0 Å². The van der Waals surface area contributed by atoms with Crippen molar-refractivity contribution in [1.29, 1.82) is 0 Å². The minimum atomic E-state index is -0.101. The van der Waals surface area contributed by atoms with Gasteiger partial charge in [0.2, 0.25) is 0 Å². The van der Waals surface area contributed by atoms with Gasteiger partial charge in [0.25, 0.3) is 0 Å². The molecule has 0 radical (unpaired) electrons. The van der Waals surface area contributed by atoms with E-state index in [-0.39, 0.29) is 12.1 Å². The minimum Gasteiger partial charge on any atom is -0.345 e. The van der Waals surface area contributed by atoms with Crippen LogP contribution >= 0.6 is 15.9 Å². The van der Waals surface area contributed by atoms with E-state index in [2.05, 4.69) is 50.2 Å². The van der Waals surface area contributed by atoms with Crippen LogP contribution < -0.4 is 5.32 Å². The molecule has 0 aliphatic heterocycles. The van der Waals surface area contributed by atoms with Crippen LogP contribution in [0.3, 0.4) is 0 Å². The van der Waals surface area contributed by atoms with E-state index in [1.807, 2.05) is 67.3 Å². The number of halogens is 1. The number of aromatic nitrogens is 1. The maximum Gasteiger partial charge on any atom is 0.322 e. The van der Waals surface area contributed by atoms with Gasteiger partial charge in [0.15, 0.2) is 0 Å². The number of hydrogen-bond donors (Lipinski definition) is 1. The van der Waals surface area contributed by atoms with Crippen LogP contribution in [0, 0.1) is 0 Å². The van der Waals surface area contributed by atoms with E-state index in [0.29, 0.717) is 6.54 Å². The number of amides is 2. The largest absolute Gasteiger partial charge is 0.345 e. The second-order valence-electron chi connectivity index (χ2n) is 6.78. The van der Waals surface area contributed by atoms with Gasteiger partial charge in [-0.25, -0.2) is 4.79 Å². The Kier molecular flexibility index (Phi) is 6.35. The molecule has 3 rings (SSSR count). The predicted molar refractivity (Wildman–Crippen MR) is 114 cm³/mol. The zero-order valence-electron chi connectivity index (χ0n) is 15.6. The number of carbonyl (C=O) groups excluding carboxylic acids is 1. The summed E-state index contributed by atoms with van der Waals surface area (Å²) in [6.45, 7) is 5.41. The van der Waals surface area contributed by atoms with Crippen molar-refractivity contribution >= 4 is 27.6 Å². The lowest BCUT2D eigenvalue weighted by Gasteiger charge is -2.27. The summed E-state index contributed by atoms with van der Waals surface area (Å²) in [4.78, 5) is 14.7. The van der Waals surface area contributed by atoms with E-state index in [4.69, 9.17) is 0 Å². The van der Waals surface area contributed by atoms with Gasteiger partial charge in [-0.1, -0.05) is 52.3 Å². The first-order valence-corrected chi connectivity index (χ1v) is 9.83. The molecule has 0 atom stereocenters. The molecule has 0 saturated heterocycles. The summed E-state index contributed by atoms with van der Waals surface area (Å²) in [5.41, 5.74) is 3.13. The normalized spacial score (nSPS) is 10.8. The Balaban J connectivity index is 1.73. The highest BCUT2D eigenvalue weighted by Gasteiger charge is 2.19. The first-order chi connectivity index (χ1) is 13.0. The monoisotopic (exact) mass is 425 g/mol. The van der Waals surface area contributed by atoms with E-state index in [0.717, 1.165) is 22.4 Å². The molecule has 1 aromatic heterocycles. The molecule has 1 N–H and O–H groups in total. The summed E-state index contributed by atoms with van der Waals surface area (Å²) in [6, 6.07) is 22.1. The van der Waals surface area contributed by atoms with Crippen molar-refractivity contribution in [2.45, 2.75) is 33.0 Å². The van der Waals surface area contributed by atoms with Gasteiger partial charge in [-0.05, 0) is 49.7 Å². The quantitative estimate of drug-likeness (QED) is 0.536. The third kappa shape index (κ3) is 5.23. The number of hydrogen-bond acceptors (Lipinski definition) is 1. The van der Waals surface area contributed by atoms with Crippen molar-refractivity contribution in [3.63, 3.8) is 0 Å². The van der Waals surface area contributed by atoms with Gasteiger partial charge >= 0.3 is 6.03 Å². The third-order valence-electron chi connectivity index (χ3n) is 4.41. The lowest BCUT2D eigenvalue weighted by molar-refractivity contribution is 0.192. The van der Waals surface area contributed by atoms with Crippen LogP contribution in [0.25, 0.3) is 0 Å². The van der Waals surface area contributed by atoms with Gasteiger partial charge in [0, 0.05) is 34.6 Å². The van der Waals surface area contributed by atoms with E-state index >= 15 is 0 Å². The SMILES string of the molecule is CC(C)N(Cc1cccn1Cc1ccccc1)C(=O)Nc1cccc(Br)c1. The Hall–Kier alpha value is -2.53. The van der Waals surface area contributed by atoms with Crippen LogP contribution in [-0.2, 0) is 13.1 Å². The Bertz CT molecular complexity index is 889. The molecule has 2 amide bonds. The number of carbonyl (C=O) groups is 1. The highest BCUT2D eigenvalue weighted by atomic mass is 79.9. The standard InChI is InChI=1S/C22H24BrN3O/c1-17(2)26(22(27)24-20-11-6-10-19(23)14-20)16-21-12-7-13-25(21)15-18-8-4-3-5-9-18/h3-14,17H,15-16H2,1-2H3,(H,24,27). The molecule has 0 saturated carbocycles. The van der Waals surface area contributed by atoms with Gasteiger partial charge in [-0.3, -0.25) is 0 Å². The average Bonchev–Trinajstić information content (AvgIpc) is 3.07. The molecule has 27 heavy (non-hydrogen) atoms. The van der Waals surface area contributed by atoms with Crippen molar-refractivity contribution in [2.24, 2.45) is 0 Å². The van der Waals surface area contributed by atoms with Crippen molar-refractivity contribution < 1.29 is 4.79 Å². The van der Waals surface area contributed by atoms with Crippen molar-refractivity contribution in [2.75, 3.05) is 5.32 Å². The molecular weight excluding hydrogens is 402 g/mol. The molecule has 1 heterocycles. The highest BCUT2D eigenvalue weighted by molar-refractivity contribution is 9.10. The third-order valence-corrected chi connectivity index (χ3v) is 4.90. The topological polar surface area (TPSA) is 37.3 Å². The maximum absolute atomic E-state index is 12.9. The van der Waals surface area contributed by atoms with Crippen molar-refractivity contribution in [3.8, 4) is 0 Å². The van der Waals surface area contributed by atoms with Crippen LogP contribution in [-0.4, -0.2) is 21.5 Å². The number of urea groups is 1. The zero-order valence-corrected chi connectivity index (χ0v) is 17.2. The fourth-order valence-electron chi connectivity index (χ4n) is 2.95. The molecule has 0 aliphatic carbocycles. The zero-order chi connectivity index (χ0) is 19.2. The molecule has 0 fully saturated rings. The number of benzene rings is 2. The number of anilines is 1. The Morgan fingerprint density at radius 3 is 2.56 bits per heavy atom. The van der Waals surface area contributed by atoms with Gasteiger partial charge in [0.1, 0.15) is 0 Å². The number of nitrogens with one attached hydrogen (secondary N) is 1. The fourth-order valence-corrected chi connectivity index (χ4v) is 3.35. The van der Waals surface area contributed by atoms with Crippen LogP contribution in [0.5, 0.6) is 0 Å². The average molecular weight is 426 g/mol. The molecule has 140 valence electrons. The van der Waals surface area contributed by atoms with Gasteiger partial charge in [0.05, 0.1) is 6.54 Å². The summed E-state index contributed by atoms with van der Waals surface area (Å²) < 4.78 is 3.13. The van der Waals surface area contributed by atoms with E-state index in [1.165, 1.54) is 5.56 Å². The number of rotatable bonds is 6. The molecular formula is C22H24BrN3O. The minimum absolute atomic E-state index is 0.0808. The molecule has 4 nitrogen and oxygen atoms in total. The van der Waals surface area contributed by atoms with Gasteiger partial charge in [-0.2, -0.15) is 0 Å². The molecule has 5 heteroatoms. The Morgan fingerprint density at radius 1 is 1.07 bits per heavy atom. The number of nitrogens with zero attached hydrogens (tertiary/aromatic N) is 2. The summed E-state index contributed by atoms with van der Waals surface area (Å²) in [7, 11) is 0. The smallest absolute Gasteiger partial charge is 0.322 e. The molecule has 0 spiro atoms. The summed E-state index contributed by atoms with van der Waals surface area (Å²) in [6.07, 6.45) is 2.06. The molecule has 0 aliphatic rings. The second kappa shape index (κ2) is 8.91. The summed E-state index contributed by atoms with van der Waals surface area (Å²) >= 11 is 3.44. The lowest BCUT2D eigenvalue weighted by atomic mass is 10.2. The van der Waals surface area contributed by atoms with E-state index < -0.39 is 0 Å². The van der Waals surface area contributed by atoms with Crippen LogP contribution in [0.4, 0.5) is 10.5 Å². The Morgan fingerprint density at radius 2 is 1.85 bits per heavy atom. The second-order valence-corrected chi connectivity index (χ2v) is 7.69. The highest BCUT2D eigenvalue weighted by Crippen LogP contribution is 2.18. The molecule has 2 aromatic carbocycles.